The third-order valence-corrected chi connectivity index (χ3v) is 2.75. The van der Waals surface area contributed by atoms with Gasteiger partial charge in [-0.25, -0.2) is 0 Å². The molecule has 0 aliphatic heterocycles. The molecule has 5 heteroatoms. The van der Waals surface area contributed by atoms with Crippen molar-refractivity contribution in [2.75, 3.05) is 5.32 Å². The molecule has 20 heavy (non-hydrogen) atoms. The zero-order valence-corrected chi connectivity index (χ0v) is 10.8. The second kappa shape index (κ2) is 5.86. The summed E-state index contributed by atoms with van der Waals surface area (Å²) in [6, 6.07) is 15.4. The van der Waals surface area contributed by atoms with Gasteiger partial charge in [-0.05, 0) is 24.6 Å². The van der Waals surface area contributed by atoms with Crippen LogP contribution in [-0.4, -0.2) is 6.36 Å². The second-order valence-corrected chi connectivity index (χ2v) is 4.35. The highest BCUT2D eigenvalue weighted by Gasteiger charge is 2.31. The Morgan fingerprint density at radius 1 is 1.00 bits per heavy atom. The third-order valence-electron chi connectivity index (χ3n) is 2.75. The lowest BCUT2D eigenvalue weighted by molar-refractivity contribution is -0.274. The first-order valence-electron chi connectivity index (χ1n) is 6.11. The van der Waals surface area contributed by atoms with Crippen LogP contribution >= 0.6 is 0 Å². The molecule has 0 aromatic heterocycles. The number of nitrogens with one attached hydrogen (secondary N) is 1. The molecule has 2 rings (SSSR count). The first-order valence-corrected chi connectivity index (χ1v) is 6.11. The summed E-state index contributed by atoms with van der Waals surface area (Å²) in [5.41, 5.74) is 1.62. The normalized spacial score (nSPS) is 12.8. The largest absolute Gasteiger partial charge is 0.573 e. The van der Waals surface area contributed by atoms with Gasteiger partial charge in [-0.2, -0.15) is 0 Å². The van der Waals surface area contributed by atoms with Gasteiger partial charge < -0.3 is 10.1 Å². The quantitative estimate of drug-likeness (QED) is 0.872. The van der Waals surface area contributed by atoms with Gasteiger partial charge in [-0.3, -0.25) is 0 Å². The lowest BCUT2D eigenvalue weighted by Gasteiger charge is -2.16. The lowest BCUT2D eigenvalue weighted by atomic mass is 10.1. The summed E-state index contributed by atoms with van der Waals surface area (Å²) in [7, 11) is 0. The summed E-state index contributed by atoms with van der Waals surface area (Å²) >= 11 is 0. The first kappa shape index (κ1) is 14.2. The highest BCUT2D eigenvalue weighted by atomic mass is 19.4. The predicted octanol–water partition coefficient (Wildman–Crippen LogP) is 4.76. The fourth-order valence-corrected chi connectivity index (χ4v) is 1.86. The van der Waals surface area contributed by atoms with E-state index >= 15 is 0 Å². The maximum atomic E-state index is 12.2. The number of anilines is 1. The lowest BCUT2D eigenvalue weighted by Crippen LogP contribution is -2.17. The molecule has 0 fully saturated rings. The first-order chi connectivity index (χ1) is 9.44. The van der Waals surface area contributed by atoms with Crippen LogP contribution < -0.4 is 10.1 Å². The number of halogens is 3. The molecular formula is C15H14F3NO. The van der Waals surface area contributed by atoms with Gasteiger partial charge in [0.2, 0.25) is 0 Å². The summed E-state index contributed by atoms with van der Waals surface area (Å²) in [5, 5.41) is 3.14. The van der Waals surface area contributed by atoms with Crippen molar-refractivity contribution < 1.29 is 17.9 Å². The third kappa shape index (κ3) is 4.19. The average Bonchev–Trinajstić information content (AvgIpc) is 2.38. The van der Waals surface area contributed by atoms with Crippen molar-refractivity contribution in [2.24, 2.45) is 0 Å². The molecule has 0 saturated carbocycles. The standard InChI is InChI=1S/C15H14F3NO/c1-11(12-6-3-2-4-7-12)19-13-8-5-9-14(10-13)20-15(16,17)18/h2-11,19H,1H3. The Bertz CT molecular complexity index is 555. The summed E-state index contributed by atoms with van der Waals surface area (Å²) in [4.78, 5) is 0. The van der Waals surface area contributed by atoms with Crippen LogP contribution in [0.25, 0.3) is 0 Å². The van der Waals surface area contributed by atoms with Crippen LogP contribution in [0.2, 0.25) is 0 Å². The van der Waals surface area contributed by atoms with Crippen molar-refractivity contribution in [1.29, 1.82) is 0 Å². The van der Waals surface area contributed by atoms with Crippen LogP contribution in [0, 0.1) is 0 Å². The highest BCUT2D eigenvalue weighted by molar-refractivity contribution is 5.49. The van der Waals surface area contributed by atoms with Crippen molar-refractivity contribution in [1.82, 2.24) is 0 Å². The van der Waals surface area contributed by atoms with Crippen LogP contribution in [0.5, 0.6) is 5.75 Å². The second-order valence-electron chi connectivity index (χ2n) is 4.35. The number of benzene rings is 2. The molecule has 0 saturated heterocycles. The number of ether oxygens (including phenoxy) is 1. The molecular weight excluding hydrogens is 267 g/mol. The van der Waals surface area contributed by atoms with Crippen molar-refractivity contribution >= 4 is 5.69 Å². The van der Waals surface area contributed by atoms with Crippen LogP contribution in [0.1, 0.15) is 18.5 Å². The van der Waals surface area contributed by atoms with E-state index in [4.69, 9.17) is 0 Å². The minimum atomic E-state index is -4.68. The molecule has 1 atom stereocenters. The molecule has 1 N–H and O–H groups in total. The molecule has 0 heterocycles. The zero-order chi connectivity index (χ0) is 14.6. The van der Waals surface area contributed by atoms with Crippen molar-refractivity contribution in [3.63, 3.8) is 0 Å². The van der Waals surface area contributed by atoms with Gasteiger partial charge >= 0.3 is 6.36 Å². The van der Waals surface area contributed by atoms with Gasteiger partial charge in [0.15, 0.2) is 0 Å². The molecule has 2 aromatic carbocycles. The Hall–Kier alpha value is -2.17. The van der Waals surface area contributed by atoms with E-state index in [0.717, 1.165) is 5.56 Å². The van der Waals surface area contributed by atoms with Crippen LogP contribution in [0.15, 0.2) is 54.6 Å². The van der Waals surface area contributed by atoms with Crippen LogP contribution in [-0.2, 0) is 0 Å². The maximum Gasteiger partial charge on any atom is 0.573 e. The van der Waals surface area contributed by atoms with Gasteiger partial charge in [0.05, 0.1) is 0 Å². The van der Waals surface area contributed by atoms with E-state index in [1.807, 2.05) is 37.3 Å². The Labute approximate surface area is 115 Å². The number of rotatable bonds is 4. The van der Waals surface area contributed by atoms with Crippen molar-refractivity contribution in [3.05, 3.63) is 60.2 Å². The number of hydrogen-bond acceptors (Lipinski definition) is 2. The van der Waals surface area contributed by atoms with Crippen molar-refractivity contribution in [2.45, 2.75) is 19.3 Å². The van der Waals surface area contributed by atoms with E-state index in [1.54, 1.807) is 6.07 Å². The molecule has 0 spiro atoms. The Morgan fingerprint density at radius 2 is 1.70 bits per heavy atom. The van der Waals surface area contributed by atoms with Gasteiger partial charge in [0.25, 0.3) is 0 Å². The molecule has 0 amide bonds. The molecule has 0 aliphatic carbocycles. The smallest absolute Gasteiger partial charge is 0.406 e. The van der Waals surface area contributed by atoms with Gasteiger partial charge in [0.1, 0.15) is 5.75 Å². The molecule has 2 nitrogen and oxygen atoms in total. The van der Waals surface area contributed by atoms with E-state index < -0.39 is 6.36 Å². The minimum absolute atomic E-state index is 0.0164. The molecule has 106 valence electrons. The number of hydrogen-bond donors (Lipinski definition) is 1. The Balaban J connectivity index is 2.08. The van der Waals surface area contributed by atoms with E-state index in [1.165, 1.54) is 18.2 Å². The molecule has 0 aliphatic rings. The summed E-state index contributed by atoms with van der Waals surface area (Å²) in [5.74, 6) is -0.234. The summed E-state index contributed by atoms with van der Waals surface area (Å²) < 4.78 is 40.4. The predicted molar refractivity (Wildman–Crippen MR) is 71.6 cm³/mol. The fourth-order valence-electron chi connectivity index (χ4n) is 1.86. The average molecular weight is 281 g/mol. The summed E-state index contributed by atoms with van der Waals surface area (Å²) in [6.45, 7) is 1.94. The zero-order valence-electron chi connectivity index (χ0n) is 10.8. The van der Waals surface area contributed by atoms with E-state index in [-0.39, 0.29) is 11.8 Å². The van der Waals surface area contributed by atoms with Gasteiger partial charge in [0, 0.05) is 17.8 Å². The van der Waals surface area contributed by atoms with Gasteiger partial charge in [-0.1, -0.05) is 36.4 Å². The minimum Gasteiger partial charge on any atom is -0.406 e. The highest BCUT2D eigenvalue weighted by Crippen LogP contribution is 2.27. The number of alkyl halides is 3. The monoisotopic (exact) mass is 281 g/mol. The summed E-state index contributed by atoms with van der Waals surface area (Å²) in [6.07, 6.45) is -4.68. The molecule has 2 aromatic rings. The van der Waals surface area contributed by atoms with Crippen molar-refractivity contribution in [3.8, 4) is 5.75 Å². The van der Waals surface area contributed by atoms with Crippen LogP contribution in [0.3, 0.4) is 0 Å². The fraction of sp³-hybridized carbons (Fsp3) is 0.200. The SMILES string of the molecule is CC(Nc1cccc(OC(F)(F)F)c1)c1ccccc1. The van der Waals surface area contributed by atoms with Gasteiger partial charge in [-0.15, -0.1) is 13.2 Å². The van der Waals surface area contributed by atoms with E-state index in [0.29, 0.717) is 5.69 Å². The molecule has 0 bridgehead atoms. The Morgan fingerprint density at radius 3 is 2.35 bits per heavy atom. The topological polar surface area (TPSA) is 21.3 Å². The molecule has 0 radical (unpaired) electrons. The maximum absolute atomic E-state index is 12.2. The van der Waals surface area contributed by atoms with E-state index in [9.17, 15) is 13.2 Å². The Kier molecular flexibility index (Phi) is 4.17. The molecule has 1 unspecified atom stereocenters. The van der Waals surface area contributed by atoms with E-state index in [2.05, 4.69) is 10.1 Å². The van der Waals surface area contributed by atoms with Crippen LogP contribution in [0.4, 0.5) is 18.9 Å².